The summed E-state index contributed by atoms with van der Waals surface area (Å²) in [5, 5.41) is 0. The molecule has 0 spiro atoms. The lowest BCUT2D eigenvalue weighted by Crippen LogP contribution is -2.31. The van der Waals surface area contributed by atoms with Gasteiger partial charge in [0.2, 0.25) is 0 Å². The number of carbonyl (C=O) groups is 2. The summed E-state index contributed by atoms with van der Waals surface area (Å²) >= 11 is 3.33. The Hall–Kier alpha value is -1.94. The summed E-state index contributed by atoms with van der Waals surface area (Å²) in [5.41, 5.74) is 2.09. The molecule has 2 aromatic rings. The minimum Gasteiger partial charge on any atom is -0.274 e. The van der Waals surface area contributed by atoms with Crippen LogP contribution >= 0.6 is 15.9 Å². The van der Waals surface area contributed by atoms with Crippen molar-refractivity contribution in [1.29, 1.82) is 0 Å². The molecular weight excluding hydrogens is 318 g/mol. The minimum atomic E-state index is -0.206. The number of benzene rings is 2. The molecule has 0 aliphatic carbocycles. The predicted octanol–water partition coefficient (Wildman–Crippen LogP) is 3.29. The lowest BCUT2D eigenvalue weighted by Gasteiger charge is -2.13. The van der Waals surface area contributed by atoms with Crippen molar-refractivity contribution in [2.24, 2.45) is 0 Å². The first-order valence-corrected chi connectivity index (χ1v) is 7.16. The smallest absolute Gasteiger partial charge is 0.261 e. The first-order chi connectivity index (χ1) is 9.66. The maximum atomic E-state index is 12.3. The molecule has 2 aromatic carbocycles. The maximum Gasteiger partial charge on any atom is 0.261 e. The van der Waals surface area contributed by atoms with Crippen molar-refractivity contribution < 1.29 is 9.59 Å². The predicted molar refractivity (Wildman–Crippen MR) is 79.7 cm³/mol. The maximum absolute atomic E-state index is 12.3. The number of rotatable bonds is 3. The molecule has 1 aliphatic heterocycles. The molecule has 20 heavy (non-hydrogen) atoms. The number of imide groups is 1. The Morgan fingerprint density at radius 2 is 1.60 bits per heavy atom. The monoisotopic (exact) mass is 329 g/mol. The molecule has 3 rings (SSSR count). The van der Waals surface area contributed by atoms with Crippen LogP contribution in [0.25, 0.3) is 0 Å². The van der Waals surface area contributed by atoms with E-state index in [4.69, 9.17) is 0 Å². The molecule has 0 saturated heterocycles. The van der Waals surface area contributed by atoms with Crippen LogP contribution in [0.1, 0.15) is 26.3 Å². The lowest BCUT2D eigenvalue weighted by atomic mass is 10.1. The zero-order valence-electron chi connectivity index (χ0n) is 10.7. The number of hydrogen-bond donors (Lipinski definition) is 0. The first kappa shape index (κ1) is 13.1. The van der Waals surface area contributed by atoms with Crippen LogP contribution in [0.2, 0.25) is 0 Å². The molecule has 3 nitrogen and oxygen atoms in total. The third-order valence-electron chi connectivity index (χ3n) is 3.40. The van der Waals surface area contributed by atoms with Crippen LogP contribution in [-0.2, 0) is 6.42 Å². The molecule has 0 fully saturated rings. The molecule has 100 valence electrons. The Labute approximate surface area is 125 Å². The van der Waals surface area contributed by atoms with E-state index in [1.807, 2.05) is 30.3 Å². The summed E-state index contributed by atoms with van der Waals surface area (Å²) < 4.78 is 0.808. The van der Waals surface area contributed by atoms with E-state index < -0.39 is 0 Å². The highest BCUT2D eigenvalue weighted by Gasteiger charge is 2.34. The second kappa shape index (κ2) is 5.21. The van der Waals surface area contributed by atoms with E-state index in [0.29, 0.717) is 24.1 Å². The van der Waals surface area contributed by atoms with Gasteiger partial charge in [-0.25, -0.2) is 0 Å². The number of nitrogens with zero attached hydrogens (tertiary/aromatic N) is 1. The average Bonchev–Trinajstić information content (AvgIpc) is 2.70. The van der Waals surface area contributed by atoms with Crippen molar-refractivity contribution in [2.75, 3.05) is 6.54 Å². The number of halogens is 1. The van der Waals surface area contributed by atoms with Crippen LogP contribution in [0, 0.1) is 0 Å². The molecule has 4 heteroatoms. The Bertz CT molecular complexity index is 682. The lowest BCUT2D eigenvalue weighted by molar-refractivity contribution is 0.0656. The zero-order chi connectivity index (χ0) is 14.1. The second-order valence-electron chi connectivity index (χ2n) is 4.69. The molecule has 0 atom stereocenters. The van der Waals surface area contributed by atoms with Crippen LogP contribution in [-0.4, -0.2) is 23.3 Å². The minimum absolute atomic E-state index is 0.201. The van der Waals surface area contributed by atoms with Crippen LogP contribution in [0.5, 0.6) is 0 Å². The number of fused-ring (bicyclic) bond motifs is 1. The Morgan fingerprint density at radius 1 is 0.900 bits per heavy atom. The molecule has 1 heterocycles. The zero-order valence-corrected chi connectivity index (χ0v) is 12.3. The van der Waals surface area contributed by atoms with Gasteiger partial charge in [0.25, 0.3) is 11.8 Å². The highest BCUT2D eigenvalue weighted by atomic mass is 79.9. The highest BCUT2D eigenvalue weighted by molar-refractivity contribution is 9.10. The fourth-order valence-electron chi connectivity index (χ4n) is 2.35. The SMILES string of the molecule is O=C1c2ccc(Br)cc2C(=O)N1CCc1ccccc1. The standard InChI is InChI=1S/C16H12BrNO2/c17-12-6-7-13-14(10-12)16(20)18(15(13)19)9-8-11-4-2-1-3-5-11/h1-7,10H,8-9H2. The first-order valence-electron chi connectivity index (χ1n) is 6.36. The topological polar surface area (TPSA) is 37.4 Å². The number of hydrogen-bond acceptors (Lipinski definition) is 2. The van der Waals surface area contributed by atoms with E-state index in [1.54, 1.807) is 18.2 Å². The molecule has 0 N–H and O–H groups in total. The molecule has 0 saturated carbocycles. The normalized spacial score (nSPS) is 13.8. The van der Waals surface area contributed by atoms with Crippen molar-refractivity contribution in [2.45, 2.75) is 6.42 Å². The Balaban J connectivity index is 1.80. The van der Waals surface area contributed by atoms with Gasteiger partial charge in [-0.1, -0.05) is 46.3 Å². The molecule has 0 bridgehead atoms. The summed E-state index contributed by atoms with van der Waals surface area (Å²) in [6.45, 7) is 0.411. The Morgan fingerprint density at radius 3 is 2.35 bits per heavy atom. The second-order valence-corrected chi connectivity index (χ2v) is 5.60. The van der Waals surface area contributed by atoms with Gasteiger partial charge in [0.15, 0.2) is 0 Å². The summed E-state index contributed by atoms with van der Waals surface area (Å²) in [6, 6.07) is 15.0. The van der Waals surface area contributed by atoms with Gasteiger partial charge >= 0.3 is 0 Å². The summed E-state index contributed by atoms with van der Waals surface area (Å²) in [7, 11) is 0. The van der Waals surface area contributed by atoms with Crippen LogP contribution < -0.4 is 0 Å². The largest absolute Gasteiger partial charge is 0.274 e. The summed E-state index contributed by atoms with van der Waals surface area (Å²) in [5.74, 6) is -0.407. The van der Waals surface area contributed by atoms with Crippen molar-refractivity contribution in [3.8, 4) is 0 Å². The van der Waals surface area contributed by atoms with Crippen molar-refractivity contribution >= 4 is 27.7 Å². The van der Waals surface area contributed by atoms with E-state index in [-0.39, 0.29) is 11.8 Å². The summed E-state index contributed by atoms with van der Waals surface area (Å²) in [6.07, 6.45) is 0.674. The number of amides is 2. The van der Waals surface area contributed by atoms with E-state index in [9.17, 15) is 9.59 Å². The van der Waals surface area contributed by atoms with Gasteiger partial charge in [-0.05, 0) is 30.2 Å². The number of carbonyl (C=O) groups excluding carboxylic acids is 2. The molecule has 2 amide bonds. The molecule has 0 unspecified atom stereocenters. The molecule has 0 radical (unpaired) electrons. The molecule has 1 aliphatic rings. The Kier molecular flexibility index (Phi) is 3.40. The van der Waals surface area contributed by atoms with Gasteiger partial charge in [0.05, 0.1) is 11.1 Å². The quantitative estimate of drug-likeness (QED) is 0.810. The third kappa shape index (κ3) is 2.27. The van der Waals surface area contributed by atoms with E-state index in [1.165, 1.54) is 4.90 Å². The molecular formula is C16H12BrNO2. The van der Waals surface area contributed by atoms with Gasteiger partial charge < -0.3 is 0 Å². The van der Waals surface area contributed by atoms with Crippen molar-refractivity contribution in [1.82, 2.24) is 4.90 Å². The van der Waals surface area contributed by atoms with Gasteiger partial charge in [-0.2, -0.15) is 0 Å². The van der Waals surface area contributed by atoms with Gasteiger partial charge in [-0.3, -0.25) is 14.5 Å². The van der Waals surface area contributed by atoms with E-state index in [2.05, 4.69) is 15.9 Å². The highest BCUT2D eigenvalue weighted by Crippen LogP contribution is 2.26. The third-order valence-corrected chi connectivity index (χ3v) is 3.89. The summed E-state index contributed by atoms with van der Waals surface area (Å²) in [4.78, 5) is 25.8. The van der Waals surface area contributed by atoms with Gasteiger partial charge in [0, 0.05) is 11.0 Å². The van der Waals surface area contributed by atoms with Crippen LogP contribution in [0.15, 0.2) is 53.0 Å². The average molecular weight is 330 g/mol. The van der Waals surface area contributed by atoms with Crippen LogP contribution in [0.4, 0.5) is 0 Å². The van der Waals surface area contributed by atoms with Crippen molar-refractivity contribution in [3.63, 3.8) is 0 Å². The van der Waals surface area contributed by atoms with Crippen LogP contribution in [0.3, 0.4) is 0 Å². The fraction of sp³-hybridized carbons (Fsp3) is 0.125. The van der Waals surface area contributed by atoms with Crippen molar-refractivity contribution in [3.05, 3.63) is 69.7 Å². The van der Waals surface area contributed by atoms with Gasteiger partial charge in [0.1, 0.15) is 0 Å². The fourth-order valence-corrected chi connectivity index (χ4v) is 2.71. The molecule has 0 aromatic heterocycles. The van der Waals surface area contributed by atoms with E-state index >= 15 is 0 Å². The van der Waals surface area contributed by atoms with Gasteiger partial charge in [-0.15, -0.1) is 0 Å². The van der Waals surface area contributed by atoms with E-state index in [0.717, 1.165) is 10.0 Å².